The summed E-state index contributed by atoms with van der Waals surface area (Å²) in [7, 11) is 0. The second kappa shape index (κ2) is 4.96. The van der Waals surface area contributed by atoms with Gasteiger partial charge in [-0.15, -0.1) is 0 Å². The molecule has 1 saturated carbocycles. The van der Waals surface area contributed by atoms with Gasteiger partial charge in [-0.3, -0.25) is 4.79 Å². The number of nitrogens with two attached hydrogens (primary N) is 1. The van der Waals surface area contributed by atoms with E-state index in [1.165, 1.54) is 12.8 Å². The van der Waals surface area contributed by atoms with Gasteiger partial charge >= 0.3 is 5.97 Å². The Morgan fingerprint density at radius 2 is 2.29 bits per heavy atom. The number of carbonyl (C=O) groups excluding carboxylic acids is 1. The fourth-order valence-electron chi connectivity index (χ4n) is 1.75. The zero-order valence-electron chi connectivity index (χ0n) is 9.78. The maximum absolute atomic E-state index is 11.8. The zero-order chi connectivity index (χ0) is 12.4. The highest BCUT2D eigenvalue weighted by atomic mass is 35.5. The smallest absolute Gasteiger partial charge is 0.314 e. The summed E-state index contributed by atoms with van der Waals surface area (Å²) in [6.45, 7) is 1.90. The van der Waals surface area contributed by atoms with Crippen LogP contribution in [0.15, 0.2) is 18.2 Å². The van der Waals surface area contributed by atoms with E-state index >= 15 is 0 Å². The van der Waals surface area contributed by atoms with Gasteiger partial charge in [0.25, 0.3) is 0 Å². The Morgan fingerprint density at radius 1 is 1.59 bits per heavy atom. The molecule has 4 heteroatoms. The third-order valence-electron chi connectivity index (χ3n) is 2.97. The highest BCUT2D eigenvalue weighted by Crippen LogP contribution is 2.35. The van der Waals surface area contributed by atoms with Crippen molar-refractivity contribution in [2.24, 2.45) is 11.8 Å². The van der Waals surface area contributed by atoms with E-state index in [2.05, 4.69) is 0 Å². The van der Waals surface area contributed by atoms with Crippen LogP contribution in [0, 0.1) is 11.8 Å². The molecule has 0 amide bonds. The minimum atomic E-state index is -0.196. The fourth-order valence-corrected chi connectivity index (χ4v) is 1.87. The molecule has 0 aliphatic heterocycles. The zero-order valence-corrected chi connectivity index (χ0v) is 10.5. The number of halogens is 1. The Kier molecular flexibility index (Phi) is 3.57. The molecule has 3 nitrogen and oxygen atoms in total. The predicted octanol–water partition coefficient (Wildman–Crippen LogP) is 3.26. The number of carbonyl (C=O) groups is 1. The summed E-state index contributed by atoms with van der Waals surface area (Å²) >= 11 is 5.79. The predicted molar refractivity (Wildman–Crippen MR) is 68.0 cm³/mol. The standard InChI is InChI=1S/C13H16ClNO2/c1-8(6-9-2-3-9)13(16)17-10-4-5-11(14)12(15)7-10/h4-5,7-9H,2-3,6,15H2,1H3. The molecule has 0 aromatic heterocycles. The number of nitrogen functional groups attached to an aromatic ring is 1. The van der Waals surface area contributed by atoms with Crippen LogP contribution in [-0.2, 0) is 4.79 Å². The van der Waals surface area contributed by atoms with Crippen LogP contribution in [-0.4, -0.2) is 5.97 Å². The van der Waals surface area contributed by atoms with Gasteiger partial charge in [0, 0.05) is 6.07 Å². The highest BCUT2D eigenvalue weighted by Gasteiger charge is 2.27. The van der Waals surface area contributed by atoms with Crippen LogP contribution < -0.4 is 10.5 Å². The normalized spacial score (nSPS) is 16.6. The summed E-state index contributed by atoms with van der Waals surface area (Å²) < 4.78 is 5.26. The molecule has 1 aromatic rings. The summed E-state index contributed by atoms with van der Waals surface area (Å²) in [6.07, 6.45) is 3.40. The average Bonchev–Trinajstić information content (AvgIpc) is 3.07. The molecule has 1 aliphatic carbocycles. The molecule has 92 valence electrons. The Labute approximate surface area is 106 Å². The van der Waals surface area contributed by atoms with E-state index in [9.17, 15) is 4.79 Å². The summed E-state index contributed by atoms with van der Waals surface area (Å²) in [5.41, 5.74) is 6.06. The van der Waals surface area contributed by atoms with Crippen molar-refractivity contribution in [2.75, 3.05) is 5.73 Å². The molecule has 1 aliphatic rings. The number of rotatable bonds is 4. The van der Waals surface area contributed by atoms with Crippen molar-refractivity contribution in [3.05, 3.63) is 23.2 Å². The second-order valence-electron chi connectivity index (χ2n) is 4.68. The molecule has 1 fully saturated rings. The molecule has 1 unspecified atom stereocenters. The van der Waals surface area contributed by atoms with Gasteiger partial charge in [0.15, 0.2) is 0 Å². The first-order valence-corrected chi connectivity index (χ1v) is 6.21. The Morgan fingerprint density at radius 3 is 2.88 bits per heavy atom. The van der Waals surface area contributed by atoms with Gasteiger partial charge in [0.1, 0.15) is 5.75 Å². The molecule has 2 N–H and O–H groups in total. The van der Waals surface area contributed by atoms with Crippen molar-refractivity contribution in [3.63, 3.8) is 0 Å². The molecule has 0 heterocycles. The van der Waals surface area contributed by atoms with Crippen LogP contribution in [0.3, 0.4) is 0 Å². The van der Waals surface area contributed by atoms with Crippen molar-refractivity contribution in [1.82, 2.24) is 0 Å². The van der Waals surface area contributed by atoms with Crippen molar-refractivity contribution in [2.45, 2.75) is 26.2 Å². The molecule has 0 radical (unpaired) electrons. The largest absolute Gasteiger partial charge is 0.426 e. The van der Waals surface area contributed by atoms with E-state index in [1.54, 1.807) is 18.2 Å². The van der Waals surface area contributed by atoms with Gasteiger partial charge in [0.2, 0.25) is 0 Å². The number of esters is 1. The molecule has 0 bridgehead atoms. The quantitative estimate of drug-likeness (QED) is 0.509. The maximum atomic E-state index is 11.8. The Hall–Kier alpha value is -1.22. The maximum Gasteiger partial charge on any atom is 0.314 e. The van der Waals surface area contributed by atoms with Gasteiger partial charge in [-0.25, -0.2) is 0 Å². The summed E-state index contributed by atoms with van der Waals surface area (Å²) in [6, 6.07) is 4.86. The number of hydrogen-bond acceptors (Lipinski definition) is 3. The first-order valence-electron chi connectivity index (χ1n) is 5.83. The van der Waals surface area contributed by atoms with Crippen LogP contribution in [0.5, 0.6) is 5.75 Å². The SMILES string of the molecule is CC(CC1CC1)C(=O)Oc1ccc(Cl)c(N)c1. The first-order chi connectivity index (χ1) is 8.06. The van der Waals surface area contributed by atoms with Crippen molar-refractivity contribution >= 4 is 23.3 Å². The fraction of sp³-hybridized carbons (Fsp3) is 0.462. The summed E-state index contributed by atoms with van der Waals surface area (Å²) in [5.74, 6) is 0.922. The van der Waals surface area contributed by atoms with Crippen molar-refractivity contribution < 1.29 is 9.53 Å². The number of ether oxygens (including phenoxy) is 1. The van der Waals surface area contributed by atoms with Crippen LogP contribution in [0.25, 0.3) is 0 Å². The third-order valence-corrected chi connectivity index (χ3v) is 3.32. The monoisotopic (exact) mass is 253 g/mol. The number of benzene rings is 1. The van der Waals surface area contributed by atoms with Crippen molar-refractivity contribution in [1.29, 1.82) is 0 Å². The molecule has 17 heavy (non-hydrogen) atoms. The topological polar surface area (TPSA) is 52.3 Å². The first kappa shape index (κ1) is 12.2. The van der Waals surface area contributed by atoms with Gasteiger partial charge in [-0.2, -0.15) is 0 Å². The summed E-state index contributed by atoms with van der Waals surface area (Å²) in [5, 5.41) is 0.468. The molecule has 0 saturated heterocycles. The van der Waals surface area contributed by atoms with Gasteiger partial charge in [-0.05, 0) is 24.5 Å². The van der Waals surface area contributed by atoms with Crippen LogP contribution in [0.4, 0.5) is 5.69 Å². The molecular weight excluding hydrogens is 238 g/mol. The lowest BCUT2D eigenvalue weighted by atomic mass is 10.1. The highest BCUT2D eigenvalue weighted by molar-refractivity contribution is 6.33. The minimum Gasteiger partial charge on any atom is -0.426 e. The number of hydrogen-bond donors (Lipinski definition) is 1. The Balaban J connectivity index is 1.94. The summed E-state index contributed by atoms with van der Waals surface area (Å²) in [4.78, 5) is 11.8. The van der Waals surface area contributed by atoms with Gasteiger partial charge in [-0.1, -0.05) is 31.4 Å². The van der Waals surface area contributed by atoms with E-state index in [4.69, 9.17) is 22.1 Å². The second-order valence-corrected chi connectivity index (χ2v) is 5.09. The molecular formula is C13H16ClNO2. The molecule has 2 rings (SSSR count). The van der Waals surface area contributed by atoms with E-state index in [0.29, 0.717) is 22.4 Å². The minimum absolute atomic E-state index is 0.0561. The van der Waals surface area contributed by atoms with E-state index in [1.807, 2.05) is 6.92 Å². The van der Waals surface area contributed by atoms with Crippen LogP contribution in [0.2, 0.25) is 5.02 Å². The van der Waals surface area contributed by atoms with Crippen molar-refractivity contribution in [3.8, 4) is 5.75 Å². The Bertz CT molecular complexity index is 429. The third kappa shape index (κ3) is 3.37. The lowest BCUT2D eigenvalue weighted by Crippen LogP contribution is -2.18. The van der Waals surface area contributed by atoms with E-state index in [0.717, 1.165) is 6.42 Å². The molecule has 0 spiro atoms. The van der Waals surface area contributed by atoms with E-state index in [-0.39, 0.29) is 11.9 Å². The lowest BCUT2D eigenvalue weighted by Gasteiger charge is -2.11. The van der Waals surface area contributed by atoms with Crippen LogP contribution >= 0.6 is 11.6 Å². The lowest BCUT2D eigenvalue weighted by molar-refractivity contribution is -0.138. The van der Waals surface area contributed by atoms with Gasteiger partial charge < -0.3 is 10.5 Å². The van der Waals surface area contributed by atoms with E-state index < -0.39 is 0 Å². The van der Waals surface area contributed by atoms with Crippen LogP contribution in [0.1, 0.15) is 26.2 Å². The van der Waals surface area contributed by atoms with Gasteiger partial charge in [0.05, 0.1) is 16.6 Å². The average molecular weight is 254 g/mol. The molecule has 1 aromatic carbocycles. The molecule has 1 atom stereocenters. The number of anilines is 1.